The summed E-state index contributed by atoms with van der Waals surface area (Å²) in [6, 6.07) is 1.59. The van der Waals surface area contributed by atoms with Crippen LogP contribution in [0, 0.1) is 11.8 Å². The Kier molecular flexibility index (Phi) is 5.14. The van der Waals surface area contributed by atoms with E-state index in [2.05, 4.69) is 16.9 Å². The number of aryl methyl sites for hydroxylation is 1. The van der Waals surface area contributed by atoms with Crippen LogP contribution in [0.2, 0.25) is 0 Å². The molecule has 3 saturated heterocycles. The third-order valence-corrected chi connectivity index (χ3v) is 6.71. The minimum absolute atomic E-state index is 0.179. The number of piperidine rings is 3. The Morgan fingerprint density at radius 1 is 1.32 bits per heavy atom. The molecule has 4 rings (SSSR count). The second-order valence-corrected chi connectivity index (χ2v) is 8.46. The third kappa shape index (κ3) is 3.20. The molecule has 2 amide bonds. The van der Waals surface area contributed by atoms with Gasteiger partial charge in [-0.15, -0.1) is 0 Å². The number of nitrogens with zero attached hydrogens (tertiary/aromatic N) is 4. The SMILES string of the molecule is CCC[C@H]1[C@H]2C[C@H](CN(C(=O)c3cc(C(F)F)nn3C)C2)[C@@H]2CCCC(=O)N21. The first kappa shape index (κ1) is 19.3. The van der Waals surface area contributed by atoms with Crippen LogP contribution >= 0.6 is 0 Å². The summed E-state index contributed by atoms with van der Waals surface area (Å²) in [6.45, 7) is 3.28. The van der Waals surface area contributed by atoms with Crippen molar-refractivity contribution in [2.45, 2.75) is 64.0 Å². The van der Waals surface area contributed by atoms with Gasteiger partial charge in [-0.3, -0.25) is 14.3 Å². The number of hydrogen-bond acceptors (Lipinski definition) is 3. The summed E-state index contributed by atoms with van der Waals surface area (Å²) in [7, 11) is 1.53. The number of alkyl halides is 2. The van der Waals surface area contributed by atoms with Gasteiger partial charge in [0.15, 0.2) is 0 Å². The number of fused-ring (bicyclic) bond motifs is 4. The Hall–Kier alpha value is -1.99. The highest BCUT2D eigenvalue weighted by Gasteiger charge is 2.49. The maximum absolute atomic E-state index is 13.1. The van der Waals surface area contributed by atoms with Gasteiger partial charge < -0.3 is 9.80 Å². The summed E-state index contributed by atoms with van der Waals surface area (Å²) in [5.41, 5.74) is -0.158. The molecule has 4 atom stereocenters. The molecular formula is C20H28F2N4O2. The van der Waals surface area contributed by atoms with Crippen LogP contribution in [0.25, 0.3) is 0 Å². The highest BCUT2D eigenvalue weighted by atomic mass is 19.3. The van der Waals surface area contributed by atoms with E-state index in [9.17, 15) is 18.4 Å². The van der Waals surface area contributed by atoms with Crippen molar-refractivity contribution in [1.29, 1.82) is 0 Å². The van der Waals surface area contributed by atoms with Gasteiger partial charge in [0, 0.05) is 38.6 Å². The summed E-state index contributed by atoms with van der Waals surface area (Å²) in [4.78, 5) is 29.7. The van der Waals surface area contributed by atoms with Gasteiger partial charge in [0.25, 0.3) is 12.3 Å². The molecule has 0 unspecified atom stereocenters. The van der Waals surface area contributed by atoms with Crippen LogP contribution in [-0.4, -0.2) is 56.6 Å². The minimum atomic E-state index is -2.69. The summed E-state index contributed by atoms with van der Waals surface area (Å²) >= 11 is 0. The van der Waals surface area contributed by atoms with E-state index >= 15 is 0 Å². The second kappa shape index (κ2) is 7.44. The number of aromatic nitrogens is 2. The lowest BCUT2D eigenvalue weighted by Gasteiger charge is -2.56. The van der Waals surface area contributed by atoms with E-state index in [0.717, 1.165) is 32.1 Å². The van der Waals surface area contributed by atoms with E-state index in [1.165, 1.54) is 17.8 Å². The molecule has 0 aliphatic carbocycles. The van der Waals surface area contributed by atoms with Crippen LogP contribution in [0.4, 0.5) is 8.78 Å². The van der Waals surface area contributed by atoms with Gasteiger partial charge in [-0.25, -0.2) is 8.78 Å². The molecule has 0 saturated carbocycles. The molecule has 8 heteroatoms. The fourth-order valence-electron chi connectivity index (χ4n) is 5.57. The normalized spacial score (nSPS) is 30.0. The van der Waals surface area contributed by atoms with Crippen LogP contribution < -0.4 is 0 Å². The highest BCUT2D eigenvalue weighted by molar-refractivity contribution is 5.93. The maximum Gasteiger partial charge on any atom is 0.282 e. The molecule has 0 spiro atoms. The Morgan fingerprint density at radius 3 is 2.75 bits per heavy atom. The minimum Gasteiger partial charge on any atom is -0.337 e. The van der Waals surface area contributed by atoms with Gasteiger partial charge in [-0.05, 0) is 43.6 Å². The number of amides is 2. The van der Waals surface area contributed by atoms with E-state index in [1.54, 1.807) is 0 Å². The molecule has 0 N–H and O–H groups in total. The first-order valence-electron chi connectivity index (χ1n) is 10.3. The lowest BCUT2D eigenvalue weighted by molar-refractivity contribution is -0.152. The number of rotatable bonds is 4. The zero-order valence-electron chi connectivity index (χ0n) is 16.5. The van der Waals surface area contributed by atoms with Crippen LogP contribution in [0.1, 0.15) is 68.1 Å². The molecule has 1 aromatic rings. The molecule has 3 aliphatic heterocycles. The van der Waals surface area contributed by atoms with E-state index < -0.39 is 6.43 Å². The Bertz CT molecular complexity index is 765. The fourth-order valence-corrected chi connectivity index (χ4v) is 5.57. The Labute approximate surface area is 163 Å². The quantitative estimate of drug-likeness (QED) is 0.789. The standard InChI is InChI=1S/C20H28F2N4O2/c1-3-5-15-12-8-13(16-6-4-7-18(27)26(15)16)11-25(10-12)20(28)17-9-14(19(21)22)23-24(17)2/h9,12-13,15-16,19H,3-8,10-11H2,1-2H3/t12-,13+,15-,16-/m0/s1. The van der Waals surface area contributed by atoms with E-state index in [-0.39, 0.29) is 47.1 Å². The predicted molar refractivity (Wildman–Crippen MR) is 98.8 cm³/mol. The van der Waals surface area contributed by atoms with Gasteiger partial charge in [0.05, 0.1) is 0 Å². The average molecular weight is 394 g/mol. The van der Waals surface area contributed by atoms with Crippen molar-refractivity contribution in [2.24, 2.45) is 18.9 Å². The summed E-state index contributed by atoms with van der Waals surface area (Å²) in [6.07, 6.45) is 2.82. The van der Waals surface area contributed by atoms with Gasteiger partial charge in [-0.2, -0.15) is 5.10 Å². The fraction of sp³-hybridized carbons (Fsp3) is 0.750. The molecule has 154 valence electrons. The zero-order chi connectivity index (χ0) is 20.0. The topological polar surface area (TPSA) is 58.4 Å². The second-order valence-electron chi connectivity index (χ2n) is 8.46. The molecular weight excluding hydrogens is 366 g/mol. The molecule has 6 nitrogen and oxygen atoms in total. The molecule has 28 heavy (non-hydrogen) atoms. The molecule has 3 aliphatic rings. The summed E-state index contributed by atoms with van der Waals surface area (Å²) in [5.74, 6) is 0.548. The number of halogens is 2. The Morgan fingerprint density at radius 2 is 2.07 bits per heavy atom. The first-order chi connectivity index (χ1) is 13.4. The van der Waals surface area contributed by atoms with Crippen LogP contribution in [0.5, 0.6) is 0 Å². The molecule has 0 radical (unpaired) electrons. The number of carbonyl (C=O) groups is 2. The van der Waals surface area contributed by atoms with Crippen molar-refractivity contribution in [3.8, 4) is 0 Å². The number of hydrogen-bond donors (Lipinski definition) is 0. The van der Waals surface area contributed by atoms with Crippen molar-refractivity contribution in [3.63, 3.8) is 0 Å². The monoisotopic (exact) mass is 394 g/mol. The van der Waals surface area contributed by atoms with Crippen molar-refractivity contribution in [1.82, 2.24) is 19.6 Å². The van der Waals surface area contributed by atoms with Crippen LogP contribution in [0.3, 0.4) is 0 Å². The lowest BCUT2D eigenvalue weighted by atomic mass is 9.71. The van der Waals surface area contributed by atoms with Crippen LogP contribution in [-0.2, 0) is 11.8 Å². The lowest BCUT2D eigenvalue weighted by Crippen LogP contribution is -2.65. The maximum atomic E-state index is 13.1. The number of carbonyl (C=O) groups excluding carboxylic acids is 2. The molecule has 3 fully saturated rings. The summed E-state index contributed by atoms with van der Waals surface area (Å²) in [5, 5.41) is 3.78. The molecule has 1 aromatic heterocycles. The van der Waals surface area contributed by atoms with E-state index in [0.29, 0.717) is 19.5 Å². The highest BCUT2D eigenvalue weighted by Crippen LogP contribution is 2.43. The predicted octanol–water partition coefficient (Wildman–Crippen LogP) is 3.00. The molecule has 0 aromatic carbocycles. The smallest absolute Gasteiger partial charge is 0.282 e. The number of likely N-dealkylation sites (tertiary alicyclic amines) is 1. The third-order valence-electron chi connectivity index (χ3n) is 6.71. The van der Waals surface area contributed by atoms with Crippen molar-refractivity contribution in [2.75, 3.05) is 13.1 Å². The molecule has 4 heterocycles. The van der Waals surface area contributed by atoms with E-state index in [4.69, 9.17) is 0 Å². The van der Waals surface area contributed by atoms with Gasteiger partial charge in [0.1, 0.15) is 11.4 Å². The zero-order valence-corrected chi connectivity index (χ0v) is 16.5. The van der Waals surface area contributed by atoms with Gasteiger partial charge >= 0.3 is 0 Å². The van der Waals surface area contributed by atoms with Crippen molar-refractivity contribution < 1.29 is 18.4 Å². The van der Waals surface area contributed by atoms with Gasteiger partial charge in [0.2, 0.25) is 5.91 Å². The van der Waals surface area contributed by atoms with Crippen molar-refractivity contribution in [3.05, 3.63) is 17.5 Å². The Balaban J connectivity index is 1.59. The summed E-state index contributed by atoms with van der Waals surface area (Å²) < 4.78 is 27.2. The molecule has 2 bridgehead atoms. The van der Waals surface area contributed by atoms with Gasteiger partial charge in [-0.1, -0.05) is 13.3 Å². The largest absolute Gasteiger partial charge is 0.337 e. The first-order valence-corrected chi connectivity index (χ1v) is 10.3. The van der Waals surface area contributed by atoms with Crippen molar-refractivity contribution >= 4 is 11.8 Å². The average Bonchev–Trinajstić information content (AvgIpc) is 3.06. The van der Waals surface area contributed by atoms with Crippen LogP contribution in [0.15, 0.2) is 6.07 Å². The van der Waals surface area contributed by atoms with E-state index in [1.807, 2.05) is 4.90 Å².